The van der Waals surface area contributed by atoms with Gasteiger partial charge in [-0.25, -0.2) is 0 Å². The van der Waals surface area contributed by atoms with Gasteiger partial charge in [0.05, 0.1) is 11.0 Å². The highest BCUT2D eigenvalue weighted by Gasteiger charge is 2.09. The summed E-state index contributed by atoms with van der Waals surface area (Å²) in [6, 6.07) is 15.5. The first kappa shape index (κ1) is 25.5. The van der Waals surface area contributed by atoms with E-state index in [1.807, 2.05) is 48.5 Å². The first-order valence-electron chi connectivity index (χ1n) is 8.02. The third kappa shape index (κ3) is 10.2. The van der Waals surface area contributed by atoms with Crippen LogP contribution in [0.25, 0.3) is 0 Å². The molecule has 0 aliphatic heterocycles. The van der Waals surface area contributed by atoms with Gasteiger partial charge in [-0.15, -0.1) is 35.6 Å². The molecule has 2 nitrogen and oxygen atoms in total. The van der Waals surface area contributed by atoms with Crippen LogP contribution < -0.4 is 10.6 Å². The van der Waals surface area contributed by atoms with Crippen LogP contribution in [0.1, 0.15) is 11.1 Å². The SMILES string of the molecule is Cl.Clc1ccccc1CNC(Cl)CSSCC(Cl)NCc1ccccc1Cl. The van der Waals surface area contributed by atoms with Crippen molar-refractivity contribution in [3.05, 3.63) is 69.7 Å². The lowest BCUT2D eigenvalue weighted by Crippen LogP contribution is -2.26. The van der Waals surface area contributed by atoms with Gasteiger partial charge >= 0.3 is 0 Å². The van der Waals surface area contributed by atoms with E-state index >= 15 is 0 Å². The van der Waals surface area contributed by atoms with E-state index in [0.29, 0.717) is 13.1 Å². The molecule has 27 heavy (non-hydrogen) atoms. The zero-order chi connectivity index (χ0) is 18.8. The molecule has 2 rings (SSSR count). The van der Waals surface area contributed by atoms with E-state index in [2.05, 4.69) is 10.6 Å². The van der Waals surface area contributed by atoms with Crippen LogP contribution in [0.4, 0.5) is 0 Å². The van der Waals surface area contributed by atoms with E-state index in [1.54, 1.807) is 21.6 Å². The maximum atomic E-state index is 6.31. The second-order valence-electron chi connectivity index (χ2n) is 5.45. The molecule has 0 aliphatic carbocycles. The lowest BCUT2D eigenvalue weighted by Gasteiger charge is -2.14. The molecular formula is C18H21Cl5N2S2. The molecule has 0 amide bonds. The third-order valence-electron chi connectivity index (χ3n) is 3.46. The van der Waals surface area contributed by atoms with Gasteiger partial charge in [-0.3, -0.25) is 10.6 Å². The van der Waals surface area contributed by atoms with Gasteiger partial charge in [0, 0.05) is 34.6 Å². The Morgan fingerprint density at radius 2 is 1.07 bits per heavy atom. The summed E-state index contributed by atoms with van der Waals surface area (Å²) in [5.41, 5.74) is 1.83. The van der Waals surface area contributed by atoms with Crippen LogP contribution >= 0.6 is 80.4 Å². The smallest absolute Gasteiger partial charge is 0.0927 e. The van der Waals surface area contributed by atoms with E-state index in [9.17, 15) is 0 Å². The van der Waals surface area contributed by atoms with Crippen molar-refractivity contribution in [1.82, 2.24) is 10.6 Å². The number of halogens is 5. The molecule has 2 aromatic rings. The highest BCUT2D eigenvalue weighted by Crippen LogP contribution is 2.25. The van der Waals surface area contributed by atoms with Crippen molar-refractivity contribution >= 4 is 80.4 Å². The zero-order valence-electron chi connectivity index (χ0n) is 14.3. The van der Waals surface area contributed by atoms with Crippen molar-refractivity contribution in [2.24, 2.45) is 0 Å². The van der Waals surface area contributed by atoms with Crippen LogP contribution in [0.15, 0.2) is 48.5 Å². The third-order valence-corrected chi connectivity index (χ3v) is 7.60. The fourth-order valence-electron chi connectivity index (χ4n) is 2.06. The summed E-state index contributed by atoms with van der Waals surface area (Å²) in [5.74, 6) is 1.54. The molecule has 0 aromatic heterocycles. The van der Waals surface area contributed by atoms with Crippen molar-refractivity contribution in [2.75, 3.05) is 11.5 Å². The van der Waals surface area contributed by atoms with Crippen LogP contribution in [0.2, 0.25) is 10.0 Å². The molecule has 0 bridgehead atoms. The van der Waals surface area contributed by atoms with Crippen molar-refractivity contribution in [3.8, 4) is 0 Å². The predicted octanol–water partition coefficient (Wildman–Crippen LogP) is 6.81. The Bertz CT molecular complexity index is 620. The standard InChI is InChI=1S/C18H20Cl4N2S2.ClH/c19-15-7-3-1-5-13(15)9-23-17(21)11-25-26-12-18(22)24-10-14-6-2-4-8-16(14)20;/h1-8,17-18,23-24H,9-12H2;1H. The highest BCUT2D eigenvalue weighted by molar-refractivity contribution is 8.76. The molecule has 2 atom stereocenters. The Morgan fingerprint density at radius 1 is 0.704 bits per heavy atom. The number of alkyl halides is 2. The highest BCUT2D eigenvalue weighted by atomic mass is 35.5. The number of rotatable bonds is 11. The van der Waals surface area contributed by atoms with Crippen molar-refractivity contribution in [1.29, 1.82) is 0 Å². The maximum absolute atomic E-state index is 6.31. The summed E-state index contributed by atoms with van der Waals surface area (Å²) in [4.78, 5) is 0. The summed E-state index contributed by atoms with van der Waals surface area (Å²) in [6.45, 7) is 1.30. The normalized spacial score (nSPS) is 13.0. The summed E-state index contributed by atoms with van der Waals surface area (Å²) < 4.78 is 0. The average molecular weight is 507 g/mol. The van der Waals surface area contributed by atoms with E-state index in [0.717, 1.165) is 32.7 Å². The first-order valence-corrected chi connectivity index (χ1v) is 12.1. The minimum atomic E-state index is -0.131. The quantitative estimate of drug-likeness (QED) is 0.151. The van der Waals surface area contributed by atoms with Gasteiger partial charge in [-0.1, -0.05) is 81.2 Å². The van der Waals surface area contributed by atoms with Gasteiger partial charge in [0.1, 0.15) is 0 Å². The monoisotopic (exact) mass is 504 g/mol. The number of benzene rings is 2. The van der Waals surface area contributed by atoms with Gasteiger partial charge < -0.3 is 0 Å². The largest absolute Gasteiger partial charge is 0.296 e. The second-order valence-corrected chi connectivity index (χ2v) is 9.87. The van der Waals surface area contributed by atoms with Crippen LogP contribution in [0.3, 0.4) is 0 Å². The Balaban J connectivity index is 0.00000364. The van der Waals surface area contributed by atoms with Crippen LogP contribution in [0, 0.1) is 0 Å². The molecule has 9 heteroatoms. The first-order chi connectivity index (χ1) is 12.6. The van der Waals surface area contributed by atoms with E-state index < -0.39 is 0 Å². The average Bonchev–Trinajstić information content (AvgIpc) is 2.64. The molecule has 0 heterocycles. The maximum Gasteiger partial charge on any atom is 0.0927 e. The number of hydrogen-bond donors (Lipinski definition) is 2. The fraction of sp³-hybridized carbons (Fsp3) is 0.333. The Hall–Kier alpha value is 0.510. The van der Waals surface area contributed by atoms with Crippen molar-refractivity contribution in [3.63, 3.8) is 0 Å². The Morgan fingerprint density at radius 3 is 1.44 bits per heavy atom. The molecule has 2 unspecified atom stereocenters. The topological polar surface area (TPSA) is 24.1 Å². The molecule has 0 spiro atoms. The molecule has 0 fully saturated rings. The fourth-order valence-corrected chi connectivity index (χ4v) is 5.51. The molecule has 0 radical (unpaired) electrons. The lowest BCUT2D eigenvalue weighted by molar-refractivity contribution is 0.685. The van der Waals surface area contributed by atoms with Gasteiger partial charge in [-0.05, 0) is 23.3 Å². The Labute approximate surface area is 195 Å². The predicted molar refractivity (Wildman–Crippen MR) is 128 cm³/mol. The van der Waals surface area contributed by atoms with Crippen molar-refractivity contribution in [2.45, 2.75) is 24.1 Å². The molecule has 0 saturated carbocycles. The van der Waals surface area contributed by atoms with Gasteiger partial charge in [0.2, 0.25) is 0 Å². The van der Waals surface area contributed by atoms with E-state index in [-0.39, 0.29) is 23.4 Å². The molecule has 0 aliphatic rings. The second kappa shape index (κ2) is 14.5. The molecule has 150 valence electrons. The Kier molecular flexibility index (Phi) is 13.7. The lowest BCUT2D eigenvalue weighted by atomic mass is 10.2. The van der Waals surface area contributed by atoms with Crippen LogP contribution in [-0.4, -0.2) is 22.5 Å². The molecule has 2 N–H and O–H groups in total. The zero-order valence-corrected chi connectivity index (χ0v) is 19.8. The summed E-state index contributed by atoms with van der Waals surface area (Å²) in [5, 5.41) is 8.03. The number of nitrogens with one attached hydrogen (secondary N) is 2. The molecule has 0 saturated heterocycles. The minimum absolute atomic E-state index is 0. The van der Waals surface area contributed by atoms with Crippen molar-refractivity contribution < 1.29 is 0 Å². The minimum Gasteiger partial charge on any atom is -0.296 e. The van der Waals surface area contributed by atoms with Gasteiger partial charge in [-0.2, -0.15) is 0 Å². The van der Waals surface area contributed by atoms with E-state index in [1.165, 1.54) is 0 Å². The van der Waals surface area contributed by atoms with Crippen LogP contribution in [-0.2, 0) is 13.1 Å². The molecular weight excluding hydrogens is 486 g/mol. The van der Waals surface area contributed by atoms with E-state index in [4.69, 9.17) is 46.4 Å². The summed E-state index contributed by atoms with van der Waals surface area (Å²) in [6.07, 6.45) is 0. The summed E-state index contributed by atoms with van der Waals surface area (Å²) in [7, 11) is 3.39. The van der Waals surface area contributed by atoms with Gasteiger partial charge in [0.15, 0.2) is 0 Å². The number of hydrogen-bond acceptors (Lipinski definition) is 4. The summed E-state index contributed by atoms with van der Waals surface area (Å²) >= 11 is 24.9. The van der Waals surface area contributed by atoms with Crippen LogP contribution in [0.5, 0.6) is 0 Å². The molecule has 2 aromatic carbocycles. The van der Waals surface area contributed by atoms with Gasteiger partial charge in [0.25, 0.3) is 0 Å².